The lowest BCUT2D eigenvalue weighted by Crippen LogP contribution is -2.39. The number of nitrogens with zero attached hydrogens (tertiary/aromatic N) is 1. The van der Waals surface area contributed by atoms with Crippen LogP contribution in [0.2, 0.25) is 5.02 Å². The van der Waals surface area contributed by atoms with Crippen molar-refractivity contribution in [1.82, 2.24) is 9.62 Å². The van der Waals surface area contributed by atoms with Crippen LogP contribution in [0.25, 0.3) is 0 Å². The number of phenolic OH excluding ortho intramolecular Hbond substituents is 1. The Labute approximate surface area is 159 Å². The Balaban J connectivity index is 1.75. The second-order valence-corrected chi connectivity index (χ2v) is 9.11. The summed E-state index contributed by atoms with van der Waals surface area (Å²) in [5.74, 6) is 0.375. The fourth-order valence-electron chi connectivity index (χ4n) is 3.17. The number of rotatable bonds is 8. The Morgan fingerprint density at radius 2 is 2.04 bits per heavy atom. The number of anilines is 1. The molecule has 0 atom stereocenters. The topological polar surface area (TPSA) is 113 Å². The standard InChI is InChI=1S/C17H26ClN3O4S/c1-26(24,25)20-4-7-21-5-2-12(3-6-21)8-14(22)9-13-10-15(18)16(19)11-17(13)23/h10-12,20,23H,2-9,19H2,1H3. The summed E-state index contributed by atoms with van der Waals surface area (Å²) in [6.07, 6.45) is 3.57. The molecule has 26 heavy (non-hydrogen) atoms. The molecular formula is C17H26ClN3O4S. The van der Waals surface area contributed by atoms with Crippen molar-refractivity contribution in [3.63, 3.8) is 0 Å². The van der Waals surface area contributed by atoms with Crippen LogP contribution in [0, 0.1) is 5.92 Å². The van der Waals surface area contributed by atoms with Crippen LogP contribution in [0.3, 0.4) is 0 Å². The van der Waals surface area contributed by atoms with Crippen LogP contribution >= 0.6 is 11.6 Å². The molecule has 0 unspecified atom stereocenters. The molecule has 0 bridgehead atoms. The van der Waals surface area contributed by atoms with Crippen molar-refractivity contribution in [3.05, 3.63) is 22.7 Å². The van der Waals surface area contributed by atoms with E-state index in [1.165, 1.54) is 6.07 Å². The van der Waals surface area contributed by atoms with Gasteiger partial charge in [-0.3, -0.25) is 4.79 Å². The first-order chi connectivity index (χ1) is 12.1. The van der Waals surface area contributed by atoms with E-state index >= 15 is 0 Å². The number of Topliss-reactive ketones (excluding diaryl/α,β-unsaturated/α-hetero) is 1. The SMILES string of the molecule is CS(=O)(=O)NCCN1CCC(CC(=O)Cc2cc(Cl)c(N)cc2O)CC1. The van der Waals surface area contributed by atoms with Gasteiger partial charge in [-0.2, -0.15) is 0 Å². The molecule has 0 spiro atoms. The minimum absolute atomic E-state index is 0.00607. The Kier molecular flexibility index (Phi) is 7.28. The largest absolute Gasteiger partial charge is 0.508 e. The molecule has 0 saturated carbocycles. The van der Waals surface area contributed by atoms with E-state index in [4.69, 9.17) is 17.3 Å². The number of piperidine rings is 1. The summed E-state index contributed by atoms with van der Waals surface area (Å²) >= 11 is 5.95. The molecule has 1 aromatic rings. The van der Waals surface area contributed by atoms with E-state index in [0.29, 0.717) is 36.0 Å². The van der Waals surface area contributed by atoms with E-state index in [1.54, 1.807) is 6.07 Å². The number of phenols is 1. The fourth-order valence-corrected chi connectivity index (χ4v) is 3.82. The maximum atomic E-state index is 12.3. The molecule has 0 amide bonds. The maximum absolute atomic E-state index is 12.3. The van der Waals surface area contributed by atoms with Crippen molar-refractivity contribution in [2.45, 2.75) is 25.7 Å². The van der Waals surface area contributed by atoms with Crippen molar-refractivity contribution in [3.8, 4) is 5.75 Å². The molecule has 0 aromatic heterocycles. The first-order valence-corrected chi connectivity index (χ1v) is 10.9. The Bertz CT molecular complexity index is 747. The van der Waals surface area contributed by atoms with Crippen molar-refractivity contribution < 1.29 is 18.3 Å². The maximum Gasteiger partial charge on any atom is 0.208 e. The molecule has 0 aliphatic carbocycles. The van der Waals surface area contributed by atoms with Gasteiger partial charge in [-0.05, 0) is 37.9 Å². The van der Waals surface area contributed by atoms with Gasteiger partial charge < -0.3 is 15.7 Å². The Hall–Kier alpha value is -1.35. The number of likely N-dealkylation sites (tertiary alicyclic amines) is 1. The number of nitrogen functional groups attached to an aromatic ring is 1. The number of sulfonamides is 1. The van der Waals surface area contributed by atoms with E-state index < -0.39 is 10.0 Å². The first kappa shape index (κ1) is 21.0. The highest BCUT2D eigenvalue weighted by Gasteiger charge is 2.22. The number of hydrogen-bond acceptors (Lipinski definition) is 6. The first-order valence-electron chi connectivity index (χ1n) is 8.59. The molecule has 9 heteroatoms. The number of benzene rings is 1. The summed E-state index contributed by atoms with van der Waals surface area (Å²) in [5, 5.41) is 10.2. The lowest BCUT2D eigenvalue weighted by atomic mass is 9.90. The molecule has 0 radical (unpaired) electrons. The molecular weight excluding hydrogens is 378 g/mol. The summed E-state index contributed by atoms with van der Waals surface area (Å²) in [6.45, 7) is 2.77. The van der Waals surface area contributed by atoms with E-state index in [-0.39, 0.29) is 23.6 Å². The van der Waals surface area contributed by atoms with Gasteiger partial charge in [-0.25, -0.2) is 13.1 Å². The van der Waals surface area contributed by atoms with E-state index in [1.807, 2.05) is 0 Å². The highest BCUT2D eigenvalue weighted by atomic mass is 35.5. The number of carbonyl (C=O) groups is 1. The number of nitrogens with two attached hydrogens (primary N) is 1. The lowest BCUT2D eigenvalue weighted by molar-refractivity contribution is -0.119. The number of carbonyl (C=O) groups excluding carboxylic acids is 1. The van der Waals surface area contributed by atoms with Crippen molar-refractivity contribution in [2.24, 2.45) is 5.92 Å². The average Bonchev–Trinajstić information content (AvgIpc) is 2.53. The minimum atomic E-state index is -3.15. The summed E-state index contributed by atoms with van der Waals surface area (Å²) < 4.78 is 24.6. The predicted molar refractivity (Wildman–Crippen MR) is 103 cm³/mol. The Morgan fingerprint density at radius 3 is 2.65 bits per heavy atom. The van der Waals surface area contributed by atoms with Crippen molar-refractivity contribution in [1.29, 1.82) is 0 Å². The second-order valence-electron chi connectivity index (χ2n) is 6.87. The van der Waals surface area contributed by atoms with Gasteiger partial charge in [0.1, 0.15) is 11.5 Å². The summed E-state index contributed by atoms with van der Waals surface area (Å²) in [7, 11) is -3.15. The third-order valence-electron chi connectivity index (χ3n) is 4.60. The van der Waals surface area contributed by atoms with Gasteiger partial charge in [-0.1, -0.05) is 11.6 Å². The van der Waals surface area contributed by atoms with Gasteiger partial charge in [-0.15, -0.1) is 0 Å². The zero-order chi connectivity index (χ0) is 19.3. The molecule has 146 valence electrons. The third kappa shape index (κ3) is 6.75. The van der Waals surface area contributed by atoms with Gasteiger partial charge in [0.05, 0.1) is 17.0 Å². The second kappa shape index (κ2) is 9.03. The molecule has 4 N–H and O–H groups in total. The molecule has 2 rings (SSSR count). The third-order valence-corrected chi connectivity index (χ3v) is 5.66. The van der Waals surface area contributed by atoms with Gasteiger partial charge >= 0.3 is 0 Å². The average molecular weight is 404 g/mol. The van der Waals surface area contributed by atoms with Gasteiger partial charge in [0, 0.05) is 37.6 Å². The lowest BCUT2D eigenvalue weighted by Gasteiger charge is -2.31. The molecule has 7 nitrogen and oxygen atoms in total. The van der Waals surface area contributed by atoms with Crippen LogP contribution in [0.15, 0.2) is 12.1 Å². The van der Waals surface area contributed by atoms with Crippen LogP contribution in [-0.4, -0.2) is 56.6 Å². The van der Waals surface area contributed by atoms with Crippen LogP contribution in [0.4, 0.5) is 5.69 Å². The number of nitrogens with one attached hydrogen (secondary N) is 1. The normalized spacial score (nSPS) is 16.7. The number of ketones is 1. The predicted octanol–water partition coefficient (Wildman–Crippen LogP) is 1.39. The summed E-state index contributed by atoms with van der Waals surface area (Å²) in [5.41, 5.74) is 6.41. The summed E-state index contributed by atoms with van der Waals surface area (Å²) in [6, 6.07) is 2.91. The molecule has 1 saturated heterocycles. The van der Waals surface area contributed by atoms with Crippen molar-refractivity contribution in [2.75, 3.05) is 38.2 Å². The highest BCUT2D eigenvalue weighted by Crippen LogP contribution is 2.29. The molecule has 1 aliphatic heterocycles. The number of hydrogen-bond donors (Lipinski definition) is 3. The van der Waals surface area contributed by atoms with E-state index in [0.717, 1.165) is 32.2 Å². The van der Waals surface area contributed by atoms with Gasteiger partial charge in [0.15, 0.2) is 0 Å². The molecule has 1 heterocycles. The van der Waals surface area contributed by atoms with Crippen LogP contribution in [-0.2, 0) is 21.2 Å². The number of aromatic hydroxyl groups is 1. The van der Waals surface area contributed by atoms with Crippen LogP contribution in [0.1, 0.15) is 24.8 Å². The number of halogens is 1. The van der Waals surface area contributed by atoms with Gasteiger partial charge in [0.25, 0.3) is 0 Å². The zero-order valence-electron chi connectivity index (χ0n) is 14.9. The van der Waals surface area contributed by atoms with Crippen LogP contribution < -0.4 is 10.5 Å². The summed E-state index contributed by atoms with van der Waals surface area (Å²) in [4.78, 5) is 14.5. The van der Waals surface area contributed by atoms with Crippen LogP contribution in [0.5, 0.6) is 5.75 Å². The monoisotopic (exact) mass is 403 g/mol. The zero-order valence-corrected chi connectivity index (χ0v) is 16.4. The fraction of sp³-hybridized carbons (Fsp3) is 0.588. The Morgan fingerprint density at radius 1 is 1.38 bits per heavy atom. The van der Waals surface area contributed by atoms with E-state index in [9.17, 15) is 18.3 Å². The van der Waals surface area contributed by atoms with Crippen molar-refractivity contribution >= 4 is 33.1 Å². The molecule has 1 fully saturated rings. The molecule has 1 aliphatic rings. The smallest absolute Gasteiger partial charge is 0.208 e. The highest BCUT2D eigenvalue weighted by molar-refractivity contribution is 7.88. The molecule has 1 aromatic carbocycles. The quantitative estimate of drug-likeness (QED) is 0.565. The minimum Gasteiger partial charge on any atom is -0.508 e. The van der Waals surface area contributed by atoms with E-state index in [2.05, 4.69) is 9.62 Å². The van der Waals surface area contributed by atoms with Gasteiger partial charge in [0.2, 0.25) is 10.0 Å².